The summed E-state index contributed by atoms with van der Waals surface area (Å²) in [7, 11) is 0. The summed E-state index contributed by atoms with van der Waals surface area (Å²) in [5, 5.41) is 3.79. The van der Waals surface area contributed by atoms with Crippen molar-refractivity contribution in [2.45, 2.75) is 39.2 Å². The van der Waals surface area contributed by atoms with Crippen molar-refractivity contribution in [1.29, 1.82) is 0 Å². The van der Waals surface area contributed by atoms with Crippen LogP contribution in [0, 0.1) is 11.8 Å². The predicted octanol–water partition coefficient (Wildman–Crippen LogP) is 3.06. The van der Waals surface area contributed by atoms with E-state index in [0.717, 1.165) is 45.6 Å². The van der Waals surface area contributed by atoms with Gasteiger partial charge in [-0.3, -0.25) is 14.5 Å². The standard InChI is InChI=1S/C23H34ClN3O3/c1-17(2)14-21(26-10-12-30-13-11-26)15-25-22(28)19-4-3-9-27(16-19)23(29)18-5-7-20(24)8-6-18/h5-8,17,19,21H,3-4,9-16H2,1-2H3,(H,25,28). The summed E-state index contributed by atoms with van der Waals surface area (Å²) in [6.45, 7) is 9.60. The number of nitrogens with zero attached hydrogens (tertiary/aromatic N) is 2. The summed E-state index contributed by atoms with van der Waals surface area (Å²) >= 11 is 5.93. The molecule has 3 rings (SSSR count). The van der Waals surface area contributed by atoms with Crippen molar-refractivity contribution in [2.75, 3.05) is 45.9 Å². The Morgan fingerprint density at radius 1 is 1.17 bits per heavy atom. The molecule has 1 N–H and O–H groups in total. The Hall–Kier alpha value is -1.63. The summed E-state index contributed by atoms with van der Waals surface area (Å²) in [4.78, 5) is 29.9. The van der Waals surface area contributed by atoms with Crippen molar-refractivity contribution in [1.82, 2.24) is 15.1 Å². The molecule has 2 amide bonds. The molecule has 1 aromatic rings. The lowest BCUT2D eigenvalue weighted by Gasteiger charge is -2.36. The molecule has 2 unspecified atom stereocenters. The molecule has 0 spiro atoms. The number of hydrogen-bond donors (Lipinski definition) is 1. The third-order valence-corrected chi connectivity index (χ3v) is 6.24. The molecule has 0 bridgehead atoms. The number of ether oxygens (including phenoxy) is 1. The van der Waals surface area contributed by atoms with E-state index in [0.29, 0.717) is 42.2 Å². The lowest BCUT2D eigenvalue weighted by Crippen LogP contribution is -2.51. The normalized spacial score (nSPS) is 21.5. The van der Waals surface area contributed by atoms with Crippen LogP contribution in [0.15, 0.2) is 24.3 Å². The summed E-state index contributed by atoms with van der Waals surface area (Å²) in [6.07, 6.45) is 2.71. The third-order valence-electron chi connectivity index (χ3n) is 5.99. The molecule has 30 heavy (non-hydrogen) atoms. The number of piperidine rings is 1. The molecular weight excluding hydrogens is 402 g/mol. The number of rotatable bonds is 7. The number of carbonyl (C=O) groups excluding carboxylic acids is 2. The van der Waals surface area contributed by atoms with E-state index in [1.54, 1.807) is 29.2 Å². The average molecular weight is 436 g/mol. The molecule has 2 fully saturated rings. The van der Waals surface area contributed by atoms with Crippen LogP contribution < -0.4 is 5.32 Å². The Morgan fingerprint density at radius 3 is 2.53 bits per heavy atom. The van der Waals surface area contributed by atoms with Gasteiger partial charge in [-0.25, -0.2) is 0 Å². The van der Waals surface area contributed by atoms with Gasteiger partial charge in [0.15, 0.2) is 0 Å². The van der Waals surface area contributed by atoms with Crippen LogP contribution >= 0.6 is 11.6 Å². The number of hydrogen-bond acceptors (Lipinski definition) is 4. The maximum absolute atomic E-state index is 12.9. The molecule has 2 aliphatic heterocycles. The molecule has 0 radical (unpaired) electrons. The van der Waals surface area contributed by atoms with E-state index in [2.05, 4.69) is 24.1 Å². The molecule has 0 aromatic heterocycles. The van der Waals surface area contributed by atoms with Crippen molar-refractivity contribution in [2.24, 2.45) is 11.8 Å². The Balaban J connectivity index is 1.54. The molecule has 2 atom stereocenters. The van der Waals surface area contributed by atoms with E-state index in [-0.39, 0.29) is 17.7 Å². The minimum Gasteiger partial charge on any atom is -0.379 e. The summed E-state index contributed by atoms with van der Waals surface area (Å²) < 4.78 is 5.48. The molecule has 6 nitrogen and oxygen atoms in total. The van der Waals surface area contributed by atoms with Crippen molar-refractivity contribution < 1.29 is 14.3 Å². The first-order valence-corrected chi connectivity index (χ1v) is 11.5. The minimum atomic E-state index is -0.153. The van der Waals surface area contributed by atoms with Gasteiger partial charge < -0.3 is 15.0 Å². The first kappa shape index (κ1) is 23.0. The Bertz CT molecular complexity index is 704. The summed E-state index contributed by atoms with van der Waals surface area (Å²) in [6, 6.07) is 7.26. The van der Waals surface area contributed by atoms with E-state index < -0.39 is 0 Å². The topological polar surface area (TPSA) is 61.9 Å². The van der Waals surface area contributed by atoms with Gasteiger partial charge in [0.2, 0.25) is 5.91 Å². The van der Waals surface area contributed by atoms with E-state index in [4.69, 9.17) is 16.3 Å². The maximum Gasteiger partial charge on any atom is 0.253 e. The van der Waals surface area contributed by atoms with Crippen molar-refractivity contribution in [3.63, 3.8) is 0 Å². The zero-order chi connectivity index (χ0) is 21.5. The van der Waals surface area contributed by atoms with Gasteiger partial charge in [-0.15, -0.1) is 0 Å². The van der Waals surface area contributed by atoms with Crippen LogP contribution in [0.1, 0.15) is 43.5 Å². The largest absolute Gasteiger partial charge is 0.379 e. The number of amides is 2. The van der Waals surface area contributed by atoms with Crippen molar-refractivity contribution in [3.8, 4) is 0 Å². The SMILES string of the molecule is CC(C)CC(CNC(=O)C1CCCN(C(=O)c2ccc(Cl)cc2)C1)N1CCOCC1. The van der Waals surface area contributed by atoms with Gasteiger partial charge in [0, 0.05) is 49.4 Å². The Kier molecular flexibility index (Phi) is 8.54. The molecule has 2 heterocycles. The molecule has 166 valence electrons. The number of carbonyl (C=O) groups is 2. The quantitative estimate of drug-likeness (QED) is 0.715. The highest BCUT2D eigenvalue weighted by atomic mass is 35.5. The summed E-state index contributed by atoms with van der Waals surface area (Å²) in [5.74, 6) is 0.442. The van der Waals surface area contributed by atoms with Gasteiger partial charge in [-0.2, -0.15) is 0 Å². The lowest BCUT2D eigenvalue weighted by atomic mass is 9.96. The highest BCUT2D eigenvalue weighted by Crippen LogP contribution is 2.20. The zero-order valence-corrected chi connectivity index (χ0v) is 18.9. The van der Waals surface area contributed by atoms with Gasteiger partial charge in [0.25, 0.3) is 5.91 Å². The number of nitrogens with one attached hydrogen (secondary N) is 1. The maximum atomic E-state index is 12.9. The molecule has 7 heteroatoms. The first-order valence-electron chi connectivity index (χ1n) is 11.1. The Labute approximate surface area is 184 Å². The van der Waals surface area contributed by atoms with Gasteiger partial charge >= 0.3 is 0 Å². The highest BCUT2D eigenvalue weighted by molar-refractivity contribution is 6.30. The highest BCUT2D eigenvalue weighted by Gasteiger charge is 2.30. The molecule has 2 saturated heterocycles. The fourth-order valence-corrected chi connectivity index (χ4v) is 4.49. The van der Waals surface area contributed by atoms with E-state index in [1.807, 2.05) is 0 Å². The van der Waals surface area contributed by atoms with Gasteiger partial charge in [0.1, 0.15) is 0 Å². The number of morpholine rings is 1. The molecular formula is C23H34ClN3O3. The third kappa shape index (κ3) is 6.43. The first-order chi connectivity index (χ1) is 14.4. The van der Waals surface area contributed by atoms with Crippen molar-refractivity contribution in [3.05, 3.63) is 34.9 Å². The van der Waals surface area contributed by atoms with Gasteiger partial charge in [-0.05, 0) is 49.4 Å². The van der Waals surface area contributed by atoms with Crippen LogP contribution in [0.4, 0.5) is 0 Å². The van der Waals surface area contributed by atoms with Gasteiger partial charge in [-0.1, -0.05) is 25.4 Å². The molecule has 1 aromatic carbocycles. The zero-order valence-electron chi connectivity index (χ0n) is 18.1. The van der Waals surface area contributed by atoms with Crippen LogP contribution in [0.3, 0.4) is 0 Å². The van der Waals surface area contributed by atoms with Crippen LogP contribution in [0.2, 0.25) is 5.02 Å². The second-order valence-corrected chi connectivity index (χ2v) is 9.21. The average Bonchev–Trinajstić information content (AvgIpc) is 2.77. The predicted molar refractivity (Wildman–Crippen MR) is 119 cm³/mol. The van der Waals surface area contributed by atoms with Crippen LogP contribution in [0.25, 0.3) is 0 Å². The minimum absolute atomic E-state index is 0.0323. The van der Waals surface area contributed by atoms with Crippen LogP contribution in [-0.2, 0) is 9.53 Å². The number of likely N-dealkylation sites (tertiary alicyclic amines) is 1. The second-order valence-electron chi connectivity index (χ2n) is 8.77. The smallest absolute Gasteiger partial charge is 0.253 e. The summed E-state index contributed by atoms with van der Waals surface area (Å²) in [5.41, 5.74) is 0.616. The number of benzene rings is 1. The van der Waals surface area contributed by atoms with E-state index in [9.17, 15) is 9.59 Å². The van der Waals surface area contributed by atoms with E-state index in [1.165, 1.54) is 0 Å². The Morgan fingerprint density at radius 2 is 1.87 bits per heavy atom. The van der Waals surface area contributed by atoms with Gasteiger partial charge in [0.05, 0.1) is 19.1 Å². The lowest BCUT2D eigenvalue weighted by molar-refractivity contribution is -0.126. The molecule has 0 saturated carbocycles. The molecule has 0 aliphatic carbocycles. The van der Waals surface area contributed by atoms with Crippen LogP contribution in [-0.4, -0.2) is 73.6 Å². The van der Waals surface area contributed by atoms with E-state index >= 15 is 0 Å². The fraction of sp³-hybridized carbons (Fsp3) is 0.652. The fourth-order valence-electron chi connectivity index (χ4n) is 4.36. The second kappa shape index (κ2) is 11.1. The molecule has 2 aliphatic rings. The monoisotopic (exact) mass is 435 g/mol. The van der Waals surface area contributed by atoms with Crippen LogP contribution in [0.5, 0.6) is 0 Å². The van der Waals surface area contributed by atoms with Crippen molar-refractivity contribution >= 4 is 23.4 Å². The number of halogens is 1.